The quantitative estimate of drug-likeness (QED) is 0.642. The van der Waals surface area contributed by atoms with E-state index in [2.05, 4.69) is 15.4 Å². The van der Waals surface area contributed by atoms with E-state index in [0.29, 0.717) is 0 Å². The van der Waals surface area contributed by atoms with Crippen molar-refractivity contribution in [3.63, 3.8) is 0 Å². The van der Waals surface area contributed by atoms with Crippen LogP contribution in [0.3, 0.4) is 0 Å². The molecule has 1 fully saturated rings. The van der Waals surface area contributed by atoms with Gasteiger partial charge in [-0.05, 0) is 12.1 Å². The van der Waals surface area contributed by atoms with Crippen LogP contribution < -0.4 is 10.6 Å². The van der Waals surface area contributed by atoms with E-state index >= 15 is 0 Å². The van der Waals surface area contributed by atoms with Crippen LogP contribution in [-0.4, -0.2) is 31.4 Å². The molecular weight excluding hydrogens is 298 g/mol. The normalized spacial score (nSPS) is 20.5. The second-order valence-corrected chi connectivity index (χ2v) is 4.89. The van der Waals surface area contributed by atoms with Crippen LogP contribution in [0.5, 0.6) is 0 Å². The smallest absolute Gasteiger partial charge is 0.318 e. The molecule has 0 radical (unpaired) electrons. The Morgan fingerprint density at radius 1 is 1.32 bits per heavy atom. The molecule has 0 unspecified atom stereocenters. The van der Waals surface area contributed by atoms with Gasteiger partial charge in [0, 0.05) is 30.6 Å². The summed E-state index contributed by atoms with van der Waals surface area (Å²) < 4.78 is 32.9. The zero-order chi connectivity index (χ0) is 16.4. The Kier molecular flexibility index (Phi) is 4.39. The lowest BCUT2D eigenvalue weighted by Crippen LogP contribution is -2.28. The van der Waals surface area contributed by atoms with E-state index in [1.54, 1.807) is 0 Å². The van der Waals surface area contributed by atoms with Crippen molar-refractivity contribution < 1.29 is 27.9 Å². The van der Waals surface area contributed by atoms with Crippen molar-refractivity contribution in [2.24, 2.45) is 5.92 Å². The minimum atomic E-state index is -1.30. The molecular formula is C14H14F2N2O4. The Morgan fingerprint density at radius 2 is 1.91 bits per heavy atom. The van der Waals surface area contributed by atoms with Gasteiger partial charge in [-0.15, -0.1) is 0 Å². The van der Waals surface area contributed by atoms with Gasteiger partial charge in [-0.2, -0.15) is 0 Å². The summed E-state index contributed by atoms with van der Waals surface area (Å²) >= 11 is 0. The minimum absolute atomic E-state index is 0.0434. The van der Waals surface area contributed by atoms with Gasteiger partial charge in [-0.1, -0.05) is 0 Å². The van der Waals surface area contributed by atoms with Crippen molar-refractivity contribution in [3.05, 3.63) is 29.3 Å². The first-order chi connectivity index (χ1) is 10.3. The third-order valence-electron chi connectivity index (χ3n) is 3.41. The summed E-state index contributed by atoms with van der Waals surface area (Å²) in [7, 11) is 1.09. The number of halogens is 2. The number of amides is 2. The number of ether oxygens (including phenoxy) is 1. The molecule has 2 amide bonds. The molecule has 1 saturated heterocycles. The monoisotopic (exact) mass is 312 g/mol. The van der Waals surface area contributed by atoms with E-state index in [9.17, 15) is 23.2 Å². The van der Waals surface area contributed by atoms with Crippen molar-refractivity contribution in [1.82, 2.24) is 5.32 Å². The van der Waals surface area contributed by atoms with Gasteiger partial charge in [0.15, 0.2) is 0 Å². The Labute approximate surface area is 124 Å². The third-order valence-corrected chi connectivity index (χ3v) is 3.41. The molecule has 0 spiro atoms. The first-order valence-electron chi connectivity index (χ1n) is 6.47. The molecule has 1 aliphatic rings. The molecule has 2 N–H and O–H groups in total. The Bertz CT molecular complexity index is 625. The summed E-state index contributed by atoms with van der Waals surface area (Å²) in [6, 6.07) is 1.88. The van der Waals surface area contributed by atoms with Crippen LogP contribution >= 0.6 is 0 Å². The Morgan fingerprint density at radius 3 is 2.41 bits per heavy atom. The molecule has 1 aromatic rings. The molecule has 2 atom stereocenters. The lowest BCUT2D eigenvalue weighted by atomic mass is 9.87. The molecule has 2 rings (SSSR count). The van der Waals surface area contributed by atoms with Crippen molar-refractivity contribution in [2.75, 3.05) is 19.0 Å². The average molecular weight is 312 g/mol. The van der Waals surface area contributed by atoms with E-state index in [1.165, 1.54) is 6.92 Å². The number of carbonyl (C=O) groups excluding carboxylic acids is 3. The van der Waals surface area contributed by atoms with Crippen molar-refractivity contribution in [1.29, 1.82) is 0 Å². The minimum Gasteiger partial charge on any atom is -0.468 e. The molecule has 0 aromatic heterocycles. The lowest BCUT2D eigenvalue weighted by molar-refractivity contribution is -0.149. The molecule has 22 heavy (non-hydrogen) atoms. The Balaban J connectivity index is 2.41. The van der Waals surface area contributed by atoms with Crippen LogP contribution in [0.1, 0.15) is 18.4 Å². The summed E-state index contributed by atoms with van der Waals surface area (Å²) in [4.78, 5) is 34.3. The zero-order valence-electron chi connectivity index (χ0n) is 11.9. The van der Waals surface area contributed by atoms with Crippen LogP contribution in [0, 0.1) is 17.6 Å². The van der Waals surface area contributed by atoms with Crippen LogP contribution in [0.15, 0.2) is 12.1 Å². The number of methoxy groups -OCH3 is 1. The number of anilines is 1. The average Bonchev–Trinajstić information content (AvgIpc) is 2.78. The highest BCUT2D eigenvalue weighted by atomic mass is 19.1. The largest absolute Gasteiger partial charge is 0.468 e. The predicted octanol–water partition coefficient (Wildman–Crippen LogP) is 0.926. The number of hydrogen-bond donors (Lipinski definition) is 2. The summed E-state index contributed by atoms with van der Waals surface area (Å²) in [5.74, 6) is -6.17. The van der Waals surface area contributed by atoms with Gasteiger partial charge in [-0.25, -0.2) is 8.78 Å². The number of benzene rings is 1. The standard InChI is InChI=1S/C14H14F2N2O4/c1-6(19)18-7-3-9(15)11(10(16)4-7)8-5-17-13(20)12(8)14(21)22-2/h3-4,8,12H,5H2,1-2H3,(H,17,20)(H,18,19)/t8-,12-/m0/s1. The zero-order valence-corrected chi connectivity index (χ0v) is 11.9. The maximum atomic E-state index is 14.2. The fourth-order valence-electron chi connectivity index (χ4n) is 2.50. The Hall–Kier alpha value is -2.51. The van der Waals surface area contributed by atoms with Gasteiger partial charge in [0.1, 0.15) is 17.6 Å². The maximum absolute atomic E-state index is 14.2. The second-order valence-electron chi connectivity index (χ2n) is 4.89. The summed E-state index contributed by atoms with van der Waals surface area (Å²) in [5, 5.41) is 4.66. The molecule has 0 bridgehead atoms. The number of hydrogen-bond acceptors (Lipinski definition) is 4. The van der Waals surface area contributed by atoms with Crippen molar-refractivity contribution in [2.45, 2.75) is 12.8 Å². The van der Waals surface area contributed by atoms with Crippen molar-refractivity contribution in [3.8, 4) is 0 Å². The first-order valence-corrected chi connectivity index (χ1v) is 6.47. The number of nitrogens with one attached hydrogen (secondary N) is 2. The van der Waals surface area contributed by atoms with Gasteiger partial charge in [0.2, 0.25) is 11.8 Å². The molecule has 6 nitrogen and oxygen atoms in total. The number of esters is 1. The maximum Gasteiger partial charge on any atom is 0.318 e. The van der Waals surface area contributed by atoms with E-state index in [1.807, 2.05) is 0 Å². The van der Waals surface area contributed by atoms with E-state index in [0.717, 1.165) is 19.2 Å². The van der Waals surface area contributed by atoms with Crippen LogP contribution in [0.4, 0.5) is 14.5 Å². The molecule has 8 heteroatoms. The second kappa shape index (κ2) is 6.08. The van der Waals surface area contributed by atoms with Gasteiger partial charge in [-0.3, -0.25) is 14.4 Å². The summed E-state index contributed by atoms with van der Waals surface area (Å²) in [6.45, 7) is 1.13. The summed E-state index contributed by atoms with van der Waals surface area (Å²) in [6.07, 6.45) is 0. The van der Waals surface area contributed by atoms with E-state index in [4.69, 9.17) is 0 Å². The van der Waals surface area contributed by atoms with Gasteiger partial charge >= 0.3 is 5.97 Å². The predicted molar refractivity (Wildman–Crippen MR) is 71.9 cm³/mol. The van der Waals surface area contributed by atoms with Gasteiger partial charge < -0.3 is 15.4 Å². The molecule has 1 heterocycles. The highest BCUT2D eigenvalue weighted by Gasteiger charge is 2.44. The van der Waals surface area contributed by atoms with Gasteiger partial charge in [0.25, 0.3) is 0 Å². The fraction of sp³-hybridized carbons (Fsp3) is 0.357. The molecule has 1 aromatic carbocycles. The topological polar surface area (TPSA) is 84.5 Å². The fourth-order valence-corrected chi connectivity index (χ4v) is 2.50. The third kappa shape index (κ3) is 2.90. The molecule has 118 valence electrons. The first kappa shape index (κ1) is 15.9. The number of carbonyl (C=O) groups is 3. The summed E-state index contributed by atoms with van der Waals surface area (Å²) in [5.41, 5.74) is -0.430. The van der Waals surface area contributed by atoms with Crippen molar-refractivity contribution >= 4 is 23.5 Å². The SMILES string of the molecule is COC(=O)[C@@H]1C(=O)NC[C@H]1c1c(F)cc(NC(C)=O)cc1F. The lowest BCUT2D eigenvalue weighted by Gasteiger charge is -2.17. The number of rotatable bonds is 3. The highest BCUT2D eigenvalue weighted by molar-refractivity contribution is 6.00. The van der Waals surface area contributed by atoms with Crippen LogP contribution in [0.25, 0.3) is 0 Å². The molecule has 0 saturated carbocycles. The van der Waals surface area contributed by atoms with E-state index in [-0.39, 0.29) is 17.8 Å². The van der Waals surface area contributed by atoms with Crippen LogP contribution in [-0.2, 0) is 19.1 Å². The molecule has 0 aliphatic carbocycles. The van der Waals surface area contributed by atoms with Crippen LogP contribution in [0.2, 0.25) is 0 Å². The highest BCUT2D eigenvalue weighted by Crippen LogP contribution is 2.34. The van der Waals surface area contributed by atoms with Gasteiger partial charge in [0.05, 0.1) is 7.11 Å². The van der Waals surface area contributed by atoms with E-state index < -0.39 is 41.3 Å². The molecule has 1 aliphatic heterocycles.